The summed E-state index contributed by atoms with van der Waals surface area (Å²) in [4.78, 5) is 0. The van der Waals surface area contributed by atoms with Crippen molar-refractivity contribution in [3.63, 3.8) is 0 Å². The van der Waals surface area contributed by atoms with Crippen LogP contribution in [0.2, 0.25) is 0 Å². The molecule has 0 fully saturated rings. The zero-order valence-electron chi connectivity index (χ0n) is 19.5. The lowest BCUT2D eigenvalue weighted by Gasteiger charge is -2.30. The molecule has 0 aliphatic rings. The first kappa shape index (κ1) is 24.6. The second-order valence-electron chi connectivity index (χ2n) is 9.98. The van der Waals surface area contributed by atoms with Gasteiger partial charge in [0, 0.05) is 27.8 Å². The molecule has 0 bridgehead atoms. The van der Waals surface area contributed by atoms with Crippen molar-refractivity contribution in [3.05, 3.63) is 93.6 Å². The molecule has 0 aromatic heterocycles. The first-order valence-electron chi connectivity index (χ1n) is 10.7. The lowest BCUT2D eigenvalue weighted by molar-refractivity contribution is 0.413. The Morgan fingerprint density at radius 3 is 1.73 bits per heavy atom. The summed E-state index contributed by atoms with van der Waals surface area (Å²) in [5.74, 6) is -2.55. The van der Waals surface area contributed by atoms with Crippen LogP contribution in [0.4, 0.5) is 23.2 Å². The van der Waals surface area contributed by atoms with E-state index in [0.717, 1.165) is 0 Å². The fourth-order valence-electron chi connectivity index (χ4n) is 4.68. The number of hydrogen-bond donors (Lipinski definition) is 2. The number of halogens is 4. The van der Waals surface area contributed by atoms with Crippen LogP contribution >= 0.6 is 0 Å². The average Bonchev–Trinajstić information content (AvgIpc) is 2.64. The van der Waals surface area contributed by atoms with Gasteiger partial charge in [0.15, 0.2) is 0 Å². The Labute approximate surface area is 192 Å². The Morgan fingerprint density at radius 1 is 0.727 bits per heavy atom. The van der Waals surface area contributed by atoms with Gasteiger partial charge in [0.05, 0.1) is 0 Å². The van der Waals surface area contributed by atoms with Gasteiger partial charge >= 0.3 is 0 Å². The number of nitrogens with two attached hydrogens (primary N) is 1. The molecule has 0 amide bonds. The molecular weight excluding hydrogens is 430 g/mol. The summed E-state index contributed by atoms with van der Waals surface area (Å²) in [6.07, 6.45) is 0.411. The van der Waals surface area contributed by atoms with Gasteiger partial charge in [-0.15, -0.1) is 0 Å². The van der Waals surface area contributed by atoms with Crippen molar-refractivity contribution in [2.45, 2.75) is 58.3 Å². The largest absolute Gasteiger partial charge is 0.508 e. The first-order chi connectivity index (χ1) is 15.2. The molecule has 0 aliphatic heterocycles. The predicted octanol–water partition coefficient (Wildman–Crippen LogP) is 6.88. The van der Waals surface area contributed by atoms with Crippen LogP contribution in [0.25, 0.3) is 0 Å². The molecule has 0 saturated heterocycles. The summed E-state index contributed by atoms with van der Waals surface area (Å²) in [7, 11) is 0. The predicted molar refractivity (Wildman–Crippen MR) is 123 cm³/mol. The lowest BCUT2D eigenvalue weighted by Crippen LogP contribution is -2.26. The molecule has 0 atom stereocenters. The Balaban J connectivity index is 1.94. The Hall–Kier alpha value is -3.02. The number of hydrogen-bond acceptors (Lipinski definition) is 2. The minimum Gasteiger partial charge on any atom is -0.508 e. The Kier molecular flexibility index (Phi) is 6.51. The van der Waals surface area contributed by atoms with Gasteiger partial charge in [-0.25, -0.2) is 17.6 Å². The van der Waals surface area contributed by atoms with E-state index < -0.39 is 34.1 Å². The second-order valence-corrected chi connectivity index (χ2v) is 9.98. The van der Waals surface area contributed by atoms with Crippen molar-refractivity contribution in [1.82, 2.24) is 0 Å². The van der Waals surface area contributed by atoms with Crippen molar-refractivity contribution >= 4 is 5.69 Å². The SMILES string of the molecule is Cc1c(F)cc(CC(C)(C)c2c(N)cc(CC(C)(C)c3c(O)cccc3F)cc2F)cc1F. The Bertz CT molecular complexity index is 1130. The Morgan fingerprint density at radius 2 is 1.21 bits per heavy atom. The molecule has 33 heavy (non-hydrogen) atoms. The molecule has 3 aromatic carbocycles. The van der Waals surface area contributed by atoms with Gasteiger partial charge in [0.25, 0.3) is 0 Å². The maximum absolute atomic E-state index is 15.3. The summed E-state index contributed by atoms with van der Waals surface area (Å²) in [6.45, 7) is 8.41. The van der Waals surface area contributed by atoms with E-state index in [1.54, 1.807) is 33.8 Å². The molecule has 0 aliphatic carbocycles. The number of anilines is 1. The van der Waals surface area contributed by atoms with E-state index in [2.05, 4.69) is 0 Å². The minimum absolute atomic E-state index is 0.0601. The third-order valence-corrected chi connectivity index (χ3v) is 6.16. The number of phenolic OH excluding ortho intramolecular Hbond substituents is 1. The highest BCUT2D eigenvalue weighted by Crippen LogP contribution is 2.39. The van der Waals surface area contributed by atoms with Gasteiger partial charge in [-0.2, -0.15) is 0 Å². The van der Waals surface area contributed by atoms with E-state index in [0.29, 0.717) is 11.1 Å². The monoisotopic (exact) mass is 459 g/mol. The summed E-state index contributed by atoms with van der Waals surface area (Å²) >= 11 is 0. The van der Waals surface area contributed by atoms with Crippen LogP contribution in [0, 0.1) is 30.2 Å². The molecule has 0 heterocycles. The zero-order chi connectivity index (χ0) is 24.7. The number of nitrogen functional groups attached to an aromatic ring is 1. The van der Waals surface area contributed by atoms with E-state index >= 15 is 4.39 Å². The standard InChI is InChI=1S/C27H29F4NO/c1-15-19(29)9-16(10-20(15)30)13-26(2,3)24-21(31)11-17(12-22(24)32)14-27(4,5)25-18(28)7-6-8-23(25)33/h6-12,33H,13-14,32H2,1-5H3. The fourth-order valence-corrected chi connectivity index (χ4v) is 4.68. The second kappa shape index (κ2) is 8.73. The highest BCUT2D eigenvalue weighted by molar-refractivity contribution is 5.55. The van der Waals surface area contributed by atoms with E-state index in [1.165, 1.54) is 43.3 Å². The number of rotatable bonds is 6. The zero-order valence-corrected chi connectivity index (χ0v) is 19.5. The van der Waals surface area contributed by atoms with Crippen LogP contribution in [-0.2, 0) is 23.7 Å². The maximum Gasteiger partial charge on any atom is 0.130 e. The molecule has 0 spiro atoms. The summed E-state index contributed by atoms with van der Waals surface area (Å²) in [5.41, 5.74) is 6.07. The average molecular weight is 460 g/mol. The maximum atomic E-state index is 15.3. The topological polar surface area (TPSA) is 46.2 Å². The first-order valence-corrected chi connectivity index (χ1v) is 10.7. The smallest absolute Gasteiger partial charge is 0.130 e. The van der Waals surface area contributed by atoms with Crippen molar-refractivity contribution in [2.75, 3.05) is 5.73 Å². The molecule has 2 nitrogen and oxygen atoms in total. The molecule has 0 unspecified atom stereocenters. The lowest BCUT2D eigenvalue weighted by atomic mass is 9.75. The van der Waals surface area contributed by atoms with Crippen molar-refractivity contribution < 1.29 is 22.7 Å². The van der Waals surface area contributed by atoms with Crippen molar-refractivity contribution in [1.29, 1.82) is 0 Å². The van der Waals surface area contributed by atoms with Crippen LogP contribution in [0.5, 0.6) is 5.75 Å². The van der Waals surface area contributed by atoms with Gasteiger partial charge in [-0.05, 0) is 72.7 Å². The minimum atomic E-state index is -0.847. The summed E-state index contributed by atoms with van der Waals surface area (Å²) < 4.78 is 57.7. The molecule has 0 radical (unpaired) electrons. The van der Waals surface area contributed by atoms with E-state index in [4.69, 9.17) is 5.73 Å². The number of aromatic hydroxyl groups is 1. The molecule has 3 aromatic rings. The highest BCUT2D eigenvalue weighted by Gasteiger charge is 2.31. The molecule has 3 rings (SSSR count). The van der Waals surface area contributed by atoms with E-state index in [1.807, 2.05) is 0 Å². The van der Waals surface area contributed by atoms with Crippen LogP contribution < -0.4 is 5.73 Å². The van der Waals surface area contributed by atoms with Crippen molar-refractivity contribution in [2.24, 2.45) is 0 Å². The van der Waals surface area contributed by atoms with Crippen LogP contribution in [0.15, 0.2) is 42.5 Å². The number of benzene rings is 3. The van der Waals surface area contributed by atoms with Gasteiger partial charge in [0.1, 0.15) is 29.0 Å². The van der Waals surface area contributed by atoms with Gasteiger partial charge < -0.3 is 10.8 Å². The fraction of sp³-hybridized carbons (Fsp3) is 0.333. The summed E-state index contributed by atoms with van der Waals surface area (Å²) in [6, 6.07) is 9.60. The van der Waals surface area contributed by atoms with Crippen LogP contribution in [0.1, 0.15) is 55.5 Å². The summed E-state index contributed by atoms with van der Waals surface area (Å²) in [5, 5.41) is 10.2. The highest BCUT2D eigenvalue weighted by atomic mass is 19.1. The van der Waals surface area contributed by atoms with E-state index in [-0.39, 0.29) is 41.0 Å². The van der Waals surface area contributed by atoms with Crippen molar-refractivity contribution in [3.8, 4) is 5.75 Å². The quantitative estimate of drug-likeness (QED) is 0.312. The molecular formula is C27H29F4NO. The molecule has 6 heteroatoms. The molecule has 0 saturated carbocycles. The van der Waals surface area contributed by atoms with Gasteiger partial charge in [-0.1, -0.05) is 33.8 Å². The van der Waals surface area contributed by atoms with Crippen LogP contribution in [-0.4, -0.2) is 5.11 Å². The van der Waals surface area contributed by atoms with Gasteiger partial charge in [-0.3, -0.25) is 0 Å². The number of phenols is 1. The van der Waals surface area contributed by atoms with Gasteiger partial charge in [0.2, 0.25) is 0 Å². The molecule has 3 N–H and O–H groups in total. The van der Waals surface area contributed by atoms with Crippen LogP contribution in [0.3, 0.4) is 0 Å². The normalized spacial score (nSPS) is 12.3. The molecule has 176 valence electrons. The third-order valence-electron chi connectivity index (χ3n) is 6.16. The van der Waals surface area contributed by atoms with E-state index in [9.17, 15) is 18.3 Å². The third kappa shape index (κ3) is 5.00.